The molecule has 7 heteroatoms. The van der Waals surface area contributed by atoms with Crippen LogP contribution in [0.25, 0.3) is 0 Å². The molecule has 25 heavy (non-hydrogen) atoms. The lowest BCUT2D eigenvalue weighted by molar-refractivity contribution is -0.153. The minimum atomic E-state index is -4.37. The van der Waals surface area contributed by atoms with Crippen molar-refractivity contribution < 1.29 is 22.7 Å². The highest BCUT2D eigenvalue weighted by Crippen LogP contribution is 2.27. The minimum Gasteiger partial charge on any atom is -0.484 e. The molecule has 1 fully saturated rings. The van der Waals surface area contributed by atoms with Gasteiger partial charge in [0.05, 0.1) is 0 Å². The van der Waals surface area contributed by atoms with E-state index in [9.17, 15) is 18.0 Å². The van der Waals surface area contributed by atoms with Crippen LogP contribution in [-0.4, -0.2) is 31.8 Å². The third-order valence-electron chi connectivity index (χ3n) is 4.55. The lowest BCUT2D eigenvalue weighted by atomic mass is 9.84. The maximum atomic E-state index is 12.2. The van der Waals surface area contributed by atoms with E-state index in [0.717, 1.165) is 25.9 Å². The SMILES string of the molecule is Cc1cc(NC(=O)CC(C)C2CCNCC2)ccc1OCC(F)(F)F. The number of anilines is 1. The number of benzene rings is 1. The van der Waals surface area contributed by atoms with E-state index in [1.807, 2.05) is 0 Å². The van der Waals surface area contributed by atoms with Gasteiger partial charge >= 0.3 is 6.18 Å². The van der Waals surface area contributed by atoms with Crippen LogP contribution in [-0.2, 0) is 4.79 Å². The molecule has 1 aromatic rings. The van der Waals surface area contributed by atoms with Gasteiger partial charge in [-0.2, -0.15) is 13.2 Å². The van der Waals surface area contributed by atoms with Gasteiger partial charge in [-0.1, -0.05) is 6.92 Å². The molecular formula is C18H25F3N2O2. The first kappa shape index (κ1) is 19.6. The van der Waals surface area contributed by atoms with E-state index in [2.05, 4.69) is 17.6 Å². The van der Waals surface area contributed by atoms with Crippen molar-refractivity contribution in [1.82, 2.24) is 5.32 Å². The summed E-state index contributed by atoms with van der Waals surface area (Å²) in [6.07, 6.45) is -1.77. The minimum absolute atomic E-state index is 0.0746. The summed E-state index contributed by atoms with van der Waals surface area (Å²) < 4.78 is 41.4. The van der Waals surface area contributed by atoms with Crippen molar-refractivity contribution in [3.63, 3.8) is 0 Å². The number of piperidine rings is 1. The second-order valence-electron chi connectivity index (χ2n) is 6.70. The fourth-order valence-corrected chi connectivity index (χ4v) is 3.13. The van der Waals surface area contributed by atoms with Crippen LogP contribution in [0.2, 0.25) is 0 Å². The molecule has 0 aliphatic carbocycles. The van der Waals surface area contributed by atoms with Crippen molar-refractivity contribution in [2.24, 2.45) is 11.8 Å². The van der Waals surface area contributed by atoms with Gasteiger partial charge < -0.3 is 15.4 Å². The molecule has 1 saturated heterocycles. The molecule has 1 aromatic carbocycles. The molecule has 1 aliphatic heterocycles. The first-order chi connectivity index (χ1) is 11.7. The smallest absolute Gasteiger partial charge is 0.422 e. The van der Waals surface area contributed by atoms with Crippen molar-refractivity contribution in [2.45, 2.75) is 39.3 Å². The Kier molecular flexibility index (Phi) is 6.70. The van der Waals surface area contributed by atoms with Crippen LogP contribution in [0.1, 0.15) is 31.7 Å². The molecule has 1 heterocycles. The number of aryl methyl sites for hydroxylation is 1. The summed E-state index contributed by atoms with van der Waals surface area (Å²) in [4.78, 5) is 12.2. The number of halogens is 3. The largest absolute Gasteiger partial charge is 0.484 e. The van der Waals surface area contributed by atoms with Crippen molar-refractivity contribution in [2.75, 3.05) is 25.0 Å². The lowest BCUT2D eigenvalue weighted by Crippen LogP contribution is -2.32. The van der Waals surface area contributed by atoms with Gasteiger partial charge in [0.15, 0.2) is 6.61 Å². The summed E-state index contributed by atoms with van der Waals surface area (Å²) >= 11 is 0. The number of hydrogen-bond acceptors (Lipinski definition) is 3. The van der Waals surface area contributed by atoms with Gasteiger partial charge in [-0.3, -0.25) is 4.79 Å². The molecule has 1 aliphatic rings. The highest BCUT2D eigenvalue weighted by molar-refractivity contribution is 5.91. The Labute approximate surface area is 146 Å². The van der Waals surface area contributed by atoms with Crippen LogP contribution in [0.5, 0.6) is 5.75 Å². The molecule has 0 saturated carbocycles. The highest BCUT2D eigenvalue weighted by atomic mass is 19.4. The molecule has 0 spiro atoms. The van der Waals surface area contributed by atoms with E-state index < -0.39 is 12.8 Å². The average Bonchev–Trinajstić information content (AvgIpc) is 2.54. The van der Waals surface area contributed by atoms with E-state index in [0.29, 0.717) is 29.5 Å². The Bertz CT molecular complexity index is 584. The van der Waals surface area contributed by atoms with Gasteiger partial charge in [-0.25, -0.2) is 0 Å². The van der Waals surface area contributed by atoms with Crippen molar-refractivity contribution in [1.29, 1.82) is 0 Å². The molecule has 0 radical (unpaired) electrons. The first-order valence-electron chi connectivity index (χ1n) is 8.55. The molecule has 2 rings (SSSR count). The molecule has 1 atom stereocenters. The van der Waals surface area contributed by atoms with Crippen LogP contribution >= 0.6 is 0 Å². The third-order valence-corrected chi connectivity index (χ3v) is 4.55. The zero-order chi connectivity index (χ0) is 18.4. The normalized spacial score (nSPS) is 17.2. The summed E-state index contributed by atoms with van der Waals surface area (Å²) in [5.41, 5.74) is 1.12. The molecule has 4 nitrogen and oxygen atoms in total. The fraction of sp³-hybridized carbons (Fsp3) is 0.611. The number of carbonyl (C=O) groups excluding carboxylic acids is 1. The molecule has 1 amide bonds. The molecule has 0 aromatic heterocycles. The van der Waals surface area contributed by atoms with Crippen LogP contribution in [0.3, 0.4) is 0 Å². The van der Waals surface area contributed by atoms with Gasteiger partial charge in [-0.05, 0) is 68.5 Å². The average molecular weight is 358 g/mol. The summed E-state index contributed by atoms with van der Waals surface area (Å²) in [7, 11) is 0. The number of rotatable bonds is 6. The summed E-state index contributed by atoms with van der Waals surface area (Å²) in [6.45, 7) is 4.41. The topological polar surface area (TPSA) is 50.4 Å². The Morgan fingerprint density at radius 1 is 1.36 bits per heavy atom. The maximum Gasteiger partial charge on any atom is 0.422 e. The number of ether oxygens (including phenoxy) is 1. The Balaban J connectivity index is 1.87. The fourth-order valence-electron chi connectivity index (χ4n) is 3.13. The maximum absolute atomic E-state index is 12.2. The van der Waals surface area contributed by atoms with E-state index in [1.54, 1.807) is 19.1 Å². The van der Waals surface area contributed by atoms with Crippen LogP contribution in [0, 0.1) is 18.8 Å². The standard InChI is InChI=1S/C18H25F3N2O2/c1-12(14-5-7-22-8-6-14)10-17(24)23-15-3-4-16(13(2)9-15)25-11-18(19,20)21/h3-4,9,12,14,22H,5-8,10-11H2,1-2H3,(H,23,24). The summed E-state index contributed by atoms with van der Waals surface area (Å²) in [5, 5.41) is 6.13. The Morgan fingerprint density at radius 2 is 2.04 bits per heavy atom. The first-order valence-corrected chi connectivity index (χ1v) is 8.55. The quantitative estimate of drug-likeness (QED) is 0.811. The summed E-state index contributed by atoms with van der Waals surface area (Å²) in [6, 6.07) is 4.64. The third kappa shape index (κ3) is 6.57. The highest BCUT2D eigenvalue weighted by Gasteiger charge is 2.28. The molecule has 0 bridgehead atoms. The molecular weight excluding hydrogens is 333 g/mol. The monoisotopic (exact) mass is 358 g/mol. The van der Waals surface area contributed by atoms with E-state index in [-0.39, 0.29) is 11.7 Å². The van der Waals surface area contributed by atoms with Crippen LogP contribution in [0.15, 0.2) is 18.2 Å². The summed E-state index contributed by atoms with van der Waals surface area (Å²) in [5.74, 6) is 0.942. The molecule has 140 valence electrons. The number of hydrogen-bond donors (Lipinski definition) is 2. The number of alkyl halides is 3. The lowest BCUT2D eigenvalue weighted by Gasteiger charge is -2.27. The zero-order valence-corrected chi connectivity index (χ0v) is 14.6. The second-order valence-corrected chi connectivity index (χ2v) is 6.70. The van der Waals surface area contributed by atoms with Crippen LogP contribution in [0.4, 0.5) is 18.9 Å². The Hall–Kier alpha value is -1.76. The number of amides is 1. The van der Waals surface area contributed by atoms with Crippen molar-refractivity contribution in [3.8, 4) is 5.75 Å². The molecule has 1 unspecified atom stereocenters. The van der Waals surface area contributed by atoms with Crippen molar-refractivity contribution >= 4 is 11.6 Å². The van der Waals surface area contributed by atoms with E-state index >= 15 is 0 Å². The Morgan fingerprint density at radius 3 is 2.64 bits per heavy atom. The number of carbonyl (C=O) groups is 1. The van der Waals surface area contributed by atoms with Gasteiger partial charge in [-0.15, -0.1) is 0 Å². The van der Waals surface area contributed by atoms with E-state index in [1.165, 1.54) is 6.07 Å². The zero-order valence-electron chi connectivity index (χ0n) is 14.6. The van der Waals surface area contributed by atoms with E-state index in [4.69, 9.17) is 4.74 Å². The second kappa shape index (κ2) is 8.56. The predicted molar refractivity (Wildman–Crippen MR) is 90.7 cm³/mol. The van der Waals surface area contributed by atoms with Crippen LogP contribution < -0.4 is 15.4 Å². The van der Waals surface area contributed by atoms with Crippen molar-refractivity contribution in [3.05, 3.63) is 23.8 Å². The van der Waals surface area contributed by atoms with Gasteiger partial charge in [0.2, 0.25) is 5.91 Å². The van der Waals surface area contributed by atoms with Gasteiger partial charge in [0, 0.05) is 12.1 Å². The van der Waals surface area contributed by atoms with Gasteiger partial charge in [0.25, 0.3) is 0 Å². The predicted octanol–water partition coefficient (Wildman–Crippen LogP) is 3.90. The number of nitrogens with one attached hydrogen (secondary N) is 2. The molecule has 2 N–H and O–H groups in total. The van der Waals surface area contributed by atoms with Gasteiger partial charge in [0.1, 0.15) is 5.75 Å².